The number of hydrogen-bond acceptors (Lipinski definition) is 5. The van der Waals surface area contributed by atoms with Crippen LogP contribution in [0.1, 0.15) is 24.8 Å². The van der Waals surface area contributed by atoms with E-state index in [-0.39, 0.29) is 5.56 Å². The number of rotatable bonds is 6. The van der Waals surface area contributed by atoms with Crippen molar-refractivity contribution in [3.8, 4) is 22.8 Å². The van der Waals surface area contributed by atoms with E-state index in [1.165, 1.54) is 24.8 Å². The molecule has 1 aliphatic heterocycles. The highest BCUT2D eigenvalue weighted by atomic mass is 16.5. The van der Waals surface area contributed by atoms with Crippen LogP contribution in [-0.2, 0) is 6.42 Å². The first-order valence-corrected chi connectivity index (χ1v) is 10.1. The predicted molar refractivity (Wildman–Crippen MR) is 114 cm³/mol. The summed E-state index contributed by atoms with van der Waals surface area (Å²) in [5, 5.41) is 3.41. The van der Waals surface area contributed by atoms with Crippen LogP contribution in [0.15, 0.2) is 47.4 Å². The molecule has 29 heavy (non-hydrogen) atoms. The lowest BCUT2D eigenvalue weighted by Crippen LogP contribution is -2.27. The maximum atomic E-state index is 12.8. The lowest BCUT2D eigenvalue weighted by atomic mass is 9.92. The maximum Gasteiger partial charge on any atom is 0.258 e. The zero-order valence-corrected chi connectivity index (χ0v) is 17.0. The molecule has 4 rings (SSSR count). The Bertz CT molecular complexity index is 1050. The number of fused-ring (bicyclic) bond motifs is 1. The van der Waals surface area contributed by atoms with Crippen LogP contribution in [0.4, 0.5) is 0 Å². The molecule has 0 unspecified atom stereocenters. The lowest BCUT2D eigenvalue weighted by Gasteiger charge is -2.22. The SMILES string of the molecule is COc1ccc(-c2cc(=O)n3cc(CCC4CCNCC4)ccc3n2)cc1OC. The average Bonchev–Trinajstić information content (AvgIpc) is 2.78. The number of aryl methyl sites for hydroxylation is 1. The maximum absolute atomic E-state index is 12.8. The minimum atomic E-state index is -0.0801. The number of nitrogens with one attached hydrogen (secondary N) is 1. The van der Waals surface area contributed by atoms with E-state index in [0.717, 1.165) is 31.0 Å². The Morgan fingerprint density at radius 3 is 2.62 bits per heavy atom. The highest BCUT2D eigenvalue weighted by molar-refractivity contribution is 5.65. The lowest BCUT2D eigenvalue weighted by molar-refractivity contribution is 0.354. The van der Waals surface area contributed by atoms with E-state index in [0.29, 0.717) is 22.8 Å². The number of hydrogen-bond donors (Lipinski definition) is 1. The van der Waals surface area contributed by atoms with E-state index in [1.807, 2.05) is 30.5 Å². The molecule has 6 nitrogen and oxygen atoms in total. The number of methoxy groups -OCH3 is 2. The van der Waals surface area contributed by atoms with Crippen molar-refractivity contribution >= 4 is 5.65 Å². The van der Waals surface area contributed by atoms with Crippen molar-refractivity contribution < 1.29 is 9.47 Å². The van der Waals surface area contributed by atoms with Gasteiger partial charge in [0.1, 0.15) is 5.65 Å². The van der Waals surface area contributed by atoms with E-state index in [1.54, 1.807) is 24.7 Å². The van der Waals surface area contributed by atoms with Crippen molar-refractivity contribution in [2.24, 2.45) is 5.92 Å². The van der Waals surface area contributed by atoms with Crippen LogP contribution >= 0.6 is 0 Å². The summed E-state index contributed by atoms with van der Waals surface area (Å²) < 4.78 is 12.3. The molecule has 0 aliphatic carbocycles. The monoisotopic (exact) mass is 393 g/mol. The van der Waals surface area contributed by atoms with Crippen LogP contribution in [0.3, 0.4) is 0 Å². The summed E-state index contributed by atoms with van der Waals surface area (Å²) in [6.45, 7) is 2.23. The van der Waals surface area contributed by atoms with Crippen molar-refractivity contribution in [1.29, 1.82) is 0 Å². The first-order valence-electron chi connectivity index (χ1n) is 10.1. The molecule has 0 spiro atoms. The van der Waals surface area contributed by atoms with Gasteiger partial charge in [0.25, 0.3) is 5.56 Å². The van der Waals surface area contributed by atoms with Crippen LogP contribution in [0.5, 0.6) is 11.5 Å². The second kappa shape index (κ2) is 8.66. The summed E-state index contributed by atoms with van der Waals surface area (Å²) in [5.74, 6) is 2.03. The van der Waals surface area contributed by atoms with Gasteiger partial charge in [0, 0.05) is 17.8 Å². The minimum Gasteiger partial charge on any atom is -0.493 e. The van der Waals surface area contributed by atoms with Gasteiger partial charge >= 0.3 is 0 Å². The highest BCUT2D eigenvalue weighted by Crippen LogP contribution is 2.31. The fourth-order valence-electron chi connectivity index (χ4n) is 3.98. The third-order valence-electron chi connectivity index (χ3n) is 5.70. The van der Waals surface area contributed by atoms with Gasteiger partial charge in [-0.3, -0.25) is 9.20 Å². The van der Waals surface area contributed by atoms with Crippen molar-refractivity contribution in [1.82, 2.24) is 14.7 Å². The largest absolute Gasteiger partial charge is 0.493 e. The number of aromatic nitrogens is 2. The summed E-state index contributed by atoms with van der Waals surface area (Å²) in [6, 6.07) is 11.1. The van der Waals surface area contributed by atoms with Gasteiger partial charge in [0.05, 0.1) is 19.9 Å². The molecule has 3 aromatic rings. The van der Waals surface area contributed by atoms with Crippen molar-refractivity contribution in [2.75, 3.05) is 27.3 Å². The molecule has 0 amide bonds. The predicted octanol–water partition coefficient (Wildman–Crippen LogP) is 3.31. The Kier molecular flexibility index (Phi) is 5.81. The molecule has 1 aliphatic rings. The summed E-state index contributed by atoms with van der Waals surface area (Å²) in [6.07, 6.45) is 6.57. The van der Waals surface area contributed by atoms with Crippen molar-refractivity contribution in [2.45, 2.75) is 25.7 Å². The van der Waals surface area contributed by atoms with Crippen LogP contribution in [0.25, 0.3) is 16.9 Å². The van der Waals surface area contributed by atoms with Gasteiger partial charge in [-0.15, -0.1) is 0 Å². The molecule has 3 heterocycles. The minimum absolute atomic E-state index is 0.0801. The highest BCUT2D eigenvalue weighted by Gasteiger charge is 2.13. The standard InChI is InChI=1S/C23H27N3O3/c1-28-20-7-6-18(13-21(20)29-2)19-14-23(27)26-15-17(5-8-22(26)25-19)4-3-16-9-11-24-12-10-16/h5-8,13-16,24H,3-4,9-12H2,1-2H3. The second-order valence-electron chi connectivity index (χ2n) is 7.55. The molecule has 6 heteroatoms. The van der Waals surface area contributed by atoms with Crippen LogP contribution < -0.4 is 20.3 Å². The number of nitrogens with zero attached hydrogens (tertiary/aromatic N) is 2. The second-order valence-corrected chi connectivity index (χ2v) is 7.55. The molecular weight excluding hydrogens is 366 g/mol. The van der Waals surface area contributed by atoms with Crippen molar-refractivity contribution in [3.05, 3.63) is 58.5 Å². The zero-order chi connectivity index (χ0) is 20.2. The van der Waals surface area contributed by atoms with E-state index in [4.69, 9.17) is 9.47 Å². The molecule has 0 radical (unpaired) electrons. The number of ether oxygens (including phenoxy) is 2. The van der Waals surface area contributed by atoms with Crippen LogP contribution in [0.2, 0.25) is 0 Å². The van der Waals surface area contributed by atoms with Crippen molar-refractivity contribution in [3.63, 3.8) is 0 Å². The van der Waals surface area contributed by atoms with Gasteiger partial charge in [-0.1, -0.05) is 6.07 Å². The van der Waals surface area contributed by atoms with E-state index in [9.17, 15) is 4.79 Å². The molecule has 2 aromatic heterocycles. The van der Waals surface area contributed by atoms with Crippen LogP contribution in [-0.4, -0.2) is 36.7 Å². The van der Waals surface area contributed by atoms with Gasteiger partial charge in [-0.25, -0.2) is 4.98 Å². The summed E-state index contributed by atoms with van der Waals surface area (Å²) >= 11 is 0. The molecule has 0 atom stereocenters. The third-order valence-corrected chi connectivity index (χ3v) is 5.70. The first kappa shape index (κ1) is 19.5. The Balaban J connectivity index is 1.60. The average molecular weight is 393 g/mol. The first-order chi connectivity index (χ1) is 14.2. The fraction of sp³-hybridized carbons (Fsp3) is 0.391. The third kappa shape index (κ3) is 4.27. The molecule has 1 N–H and O–H groups in total. The molecular formula is C23H27N3O3. The smallest absolute Gasteiger partial charge is 0.258 e. The van der Waals surface area contributed by atoms with Crippen LogP contribution in [0, 0.1) is 5.92 Å². The topological polar surface area (TPSA) is 64.9 Å². The number of pyridine rings is 1. The molecule has 1 fully saturated rings. The van der Waals surface area contributed by atoms with Gasteiger partial charge in [-0.05, 0) is 74.5 Å². The molecule has 152 valence electrons. The van der Waals surface area contributed by atoms with Gasteiger partial charge in [0.2, 0.25) is 0 Å². The van der Waals surface area contributed by atoms with E-state index in [2.05, 4.69) is 16.4 Å². The summed E-state index contributed by atoms with van der Waals surface area (Å²) in [4.78, 5) is 17.5. The molecule has 1 saturated heterocycles. The number of piperidine rings is 1. The Morgan fingerprint density at radius 2 is 1.86 bits per heavy atom. The Morgan fingerprint density at radius 1 is 1.07 bits per heavy atom. The molecule has 0 bridgehead atoms. The van der Waals surface area contributed by atoms with E-state index < -0.39 is 0 Å². The Hall–Kier alpha value is -2.86. The molecule has 0 saturated carbocycles. The summed E-state index contributed by atoms with van der Waals surface area (Å²) in [7, 11) is 3.19. The fourth-order valence-corrected chi connectivity index (χ4v) is 3.98. The zero-order valence-electron chi connectivity index (χ0n) is 17.0. The Labute approximate surface area is 170 Å². The van der Waals surface area contributed by atoms with Gasteiger partial charge in [-0.2, -0.15) is 0 Å². The number of benzene rings is 1. The normalized spacial score (nSPS) is 14.8. The quantitative estimate of drug-likeness (QED) is 0.696. The van der Waals surface area contributed by atoms with E-state index >= 15 is 0 Å². The van der Waals surface area contributed by atoms with Gasteiger partial charge < -0.3 is 14.8 Å². The summed E-state index contributed by atoms with van der Waals surface area (Å²) in [5.41, 5.74) is 3.19. The van der Waals surface area contributed by atoms with Gasteiger partial charge in [0.15, 0.2) is 11.5 Å². The molecule has 1 aromatic carbocycles.